The van der Waals surface area contributed by atoms with Crippen molar-refractivity contribution in [2.45, 2.75) is 0 Å². The molecule has 0 aliphatic rings. The van der Waals surface area contributed by atoms with Crippen LogP contribution in [0.25, 0.3) is 0 Å². The molecule has 3 rings (SSSR count). The summed E-state index contributed by atoms with van der Waals surface area (Å²) in [7, 11) is 0. The van der Waals surface area contributed by atoms with Gasteiger partial charge in [-0.25, -0.2) is 0 Å². The Labute approximate surface area is 129 Å². The Morgan fingerprint density at radius 1 is 0.400 bits per heavy atom. The second kappa shape index (κ2) is 7.51. The Kier molecular flexibility index (Phi) is 5.69. The monoisotopic (exact) mass is 371 g/mol. The van der Waals surface area contributed by atoms with E-state index >= 15 is 0 Å². The van der Waals surface area contributed by atoms with Crippen LogP contribution in [-0.2, 0) is 16.8 Å². The summed E-state index contributed by atoms with van der Waals surface area (Å²) in [5.74, 6) is 0. The maximum atomic E-state index is 2.25. The van der Waals surface area contributed by atoms with Crippen LogP contribution in [-0.4, -0.2) is 0 Å². The summed E-state index contributed by atoms with van der Waals surface area (Å²) in [6.07, 6.45) is 0. The Bertz CT molecular complexity index is 529. The standard InChI is InChI=1S/3C6H5.H3P.Pd/c3*1-2-4-6-5-3-1;;/h3*1-5H;1H3;. The molecule has 20 heavy (non-hydrogen) atoms. The van der Waals surface area contributed by atoms with Crippen LogP contribution in [0.15, 0.2) is 91.0 Å². The molecule has 105 valence electrons. The molecular weight excluding hydrogens is 354 g/mol. The van der Waals surface area contributed by atoms with Gasteiger partial charge in [-0.3, -0.25) is 0 Å². The number of rotatable bonds is 3. The van der Waals surface area contributed by atoms with Crippen LogP contribution in [0.1, 0.15) is 0 Å². The quantitative estimate of drug-likeness (QED) is 0.490. The number of hydrogen-bond donors (Lipinski definition) is 0. The van der Waals surface area contributed by atoms with Gasteiger partial charge in [-0.2, -0.15) is 9.90 Å². The summed E-state index contributed by atoms with van der Waals surface area (Å²) >= 11 is -1.05. The van der Waals surface area contributed by atoms with Gasteiger partial charge in [0.1, 0.15) is 0 Å². The van der Waals surface area contributed by atoms with Crippen LogP contribution in [0.5, 0.6) is 0 Å². The fourth-order valence-corrected chi connectivity index (χ4v) is 5.85. The zero-order valence-corrected chi connectivity index (χ0v) is 14.2. The SMILES string of the molecule is P.c1cc[c]([Pd]([c]2ccccc2)[c]2ccccc2)cc1. The van der Waals surface area contributed by atoms with Gasteiger partial charge in [0, 0.05) is 0 Å². The fourth-order valence-electron chi connectivity index (χ4n) is 1.84. The molecule has 1 unspecified atom stereocenters. The third-order valence-corrected chi connectivity index (χ3v) is 6.93. The molecule has 1 atom stereocenters. The molecule has 0 radical (unpaired) electrons. The van der Waals surface area contributed by atoms with Gasteiger partial charge in [-0.15, -0.1) is 0 Å². The van der Waals surface area contributed by atoms with Crippen LogP contribution in [0.2, 0.25) is 0 Å². The zero-order chi connectivity index (χ0) is 12.9. The molecule has 2 heteroatoms. The molecule has 0 aromatic heterocycles. The van der Waals surface area contributed by atoms with Crippen molar-refractivity contribution in [1.82, 2.24) is 0 Å². The number of hydrogen-bond acceptors (Lipinski definition) is 0. The van der Waals surface area contributed by atoms with Crippen molar-refractivity contribution in [2.75, 3.05) is 0 Å². The molecule has 0 fully saturated rings. The van der Waals surface area contributed by atoms with Crippen molar-refractivity contribution in [2.24, 2.45) is 0 Å². The Balaban J connectivity index is 0.00000147. The fraction of sp³-hybridized carbons (Fsp3) is 0. The first-order valence-electron chi connectivity index (χ1n) is 6.21. The first kappa shape index (κ1) is 15.1. The third kappa shape index (κ3) is 3.44. The van der Waals surface area contributed by atoms with E-state index in [4.69, 9.17) is 0 Å². The van der Waals surface area contributed by atoms with E-state index in [1.54, 1.807) is 0 Å². The molecule has 0 heterocycles. The van der Waals surface area contributed by atoms with E-state index in [1.807, 2.05) is 0 Å². The maximum absolute atomic E-state index is 2.25. The Hall–Kier alpha value is -1.25. The van der Waals surface area contributed by atoms with Gasteiger partial charge < -0.3 is 0 Å². The van der Waals surface area contributed by atoms with Gasteiger partial charge in [0.2, 0.25) is 0 Å². The van der Waals surface area contributed by atoms with Crippen molar-refractivity contribution in [3.8, 4) is 0 Å². The van der Waals surface area contributed by atoms with Gasteiger partial charge in [0.05, 0.1) is 0 Å². The van der Waals surface area contributed by atoms with Crippen molar-refractivity contribution >= 4 is 22.0 Å². The van der Waals surface area contributed by atoms with Crippen LogP contribution in [0.4, 0.5) is 0 Å². The van der Waals surface area contributed by atoms with Crippen molar-refractivity contribution < 1.29 is 16.8 Å². The molecule has 3 aromatic rings. The number of benzene rings is 3. The molecule has 0 aliphatic carbocycles. The second-order valence-electron chi connectivity index (χ2n) is 4.02. The van der Waals surface area contributed by atoms with Gasteiger partial charge in [-0.1, -0.05) is 0 Å². The molecule has 0 aliphatic heterocycles. The Morgan fingerprint density at radius 2 is 0.650 bits per heavy atom. The minimum atomic E-state index is -1.05. The van der Waals surface area contributed by atoms with Crippen LogP contribution >= 0.6 is 9.90 Å². The average molecular weight is 372 g/mol. The Morgan fingerprint density at radius 3 is 0.900 bits per heavy atom. The van der Waals surface area contributed by atoms with Gasteiger partial charge >= 0.3 is 120 Å². The molecule has 3 aromatic carbocycles. The minimum absolute atomic E-state index is 0. The molecule has 0 amide bonds. The summed E-state index contributed by atoms with van der Waals surface area (Å²) in [4.78, 5) is 0. The topological polar surface area (TPSA) is 0 Å². The van der Waals surface area contributed by atoms with Gasteiger partial charge in [0.15, 0.2) is 0 Å². The molecular formula is C18H18PPd. The van der Waals surface area contributed by atoms with E-state index in [2.05, 4.69) is 91.0 Å². The first-order valence-corrected chi connectivity index (χ1v) is 8.54. The van der Waals surface area contributed by atoms with Crippen molar-refractivity contribution in [1.29, 1.82) is 0 Å². The van der Waals surface area contributed by atoms with E-state index in [0.717, 1.165) is 0 Å². The molecule has 0 bridgehead atoms. The van der Waals surface area contributed by atoms with E-state index in [0.29, 0.717) is 0 Å². The van der Waals surface area contributed by atoms with Crippen molar-refractivity contribution in [3.63, 3.8) is 0 Å². The van der Waals surface area contributed by atoms with E-state index < -0.39 is 16.8 Å². The second-order valence-corrected chi connectivity index (χ2v) is 7.88. The first-order chi connectivity index (χ1) is 9.45. The van der Waals surface area contributed by atoms with E-state index in [-0.39, 0.29) is 9.90 Å². The summed E-state index contributed by atoms with van der Waals surface area (Å²) in [5, 5.41) is 0. The predicted molar refractivity (Wildman–Crippen MR) is 89.3 cm³/mol. The summed E-state index contributed by atoms with van der Waals surface area (Å²) in [5.41, 5.74) is 0. The van der Waals surface area contributed by atoms with Gasteiger partial charge in [0.25, 0.3) is 0 Å². The third-order valence-electron chi connectivity index (χ3n) is 2.69. The van der Waals surface area contributed by atoms with E-state index in [1.165, 1.54) is 12.1 Å². The van der Waals surface area contributed by atoms with Crippen LogP contribution < -0.4 is 12.1 Å². The average Bonchev–Trinajstić information content (AvgIpc) is 2.51. The molecule has 0 saturated carbocycles. The molecule has 0 nitrogen and oxygen atoms in total. The summed E-state index contributed by atoms with van der Waals surface area (Å²) in [6.45, 7) is 0. The molecule has 0 N–H and O–H groups in total. The summed E-state index contributed by atoms with van der Waals surface area (Å²) in [6, 6.07) is 32.6. The molecule has 0 spiro atoms. The van der Waals surface area contributed by atoms with Crippen LogP contribution in [0, 0.1) is 0 Å². The van der Waals surface area contributed by atoms with Crippen LogP contribution in [0.3, 0.4) is 0 Å². The molecule has 0 saturated heterocycles. The van der Waals surface area contributed by atoms with Gasteiger partial charge in [-0.05, 0) is 0 Å². The summed E-state index contributed by atoms with van der Waals surface area (Å²) < 4.78 is 4.35. The van der Waals surface area contributed by atoms with E-state index in [9.17, 15) is 0 Å². The predicted octanol–water partition coefficient (Wildman–Crippen LogP) is 2.64. The zero-order valence-electron chi connectivity index (χ0n) is 11.2. The normalized spacial score (nSPS) is 10.5. The van der Waals surface area contributed by atoms with Crippen molar-refractivity contribution in [3.05, 3.63) is 91.0 Å².